The maximum Gasteiger partial charge on any atom is 0.272 e. The van der Waals surface area contributed by atoms with Crippen LogP contribution in [-0.2, 0) is 19.4 Å². The molecule has 2 N–H and O–H groups in total. The molecule has 33 heavy (non-hydrogen) atoms. The number of pyridine rings is 1. The monoisotopic (exact) mass is 442 g/mol. The van der Waals surface area contributed by atoms with Gasteiger partial charge in [-0.3, -0.25) is 19.6 Å². The van der Waals surface area contributed by atoms with Crippen LogP contribution in [0.15, 0.2) is 54.9 Å². The number of nitrogens with one attached hydrogen (secondary N) is 2. The second kappa shape index (κ2) is 9.28. The van der Waals surface area contributed by atoms with Gasteiger partial charge in [-0.25, -0.2) is 0 Å². The smallest absolute Gasteiger partial charge is 0.272 e. The number of fused-ring (bicyclic) bond motifs is 1. The van der Waals surface area contributed by atoms with Crippen LogP contribution in [0.3, 0.4) is 0 Å². The van der Waals surface area contributed by atoms with Gasteiger partial charge >= 0.3 is 0 Å². The van der Waals surface area contributed by atoms with Crippen molar-refractivity contribution in [2.75, 3.05) is 13.7 Å². The first-order valence-electron chi connectivity index (χ1n) is 11.2. The molecule has 1 aromatic carbocycles. The fraction of sp³-hybridized carbons (Fsp3) is 0.280. The van der Waals surface area contributed by atoms with Crippen LogP contribution in [0, 0.1) is 0 Å². The number of aromatic amines is 1. The zero-order valence-electron chi connectivity index (χ0n) is 18.5. The second-order valence-corrected chi connectivity index (χ2v) is 8.10. The number of benzene rings is 1. The third-order valence-electron chi connectivity index (χ3n) is 5.98. The van der Waals surface area contributed by atoms with Crippen molar-refractivity contribution in [1.82, 2.24) is 30.3 Å². The van der Waals surface area contributed by atoms with Crippen molar-refractivity contribution in [2.45, 2.75) is 32.2 Å². The Balaban J connectivity index is 1.37. The first-order chi connectivity index (χ1) is 16.2. The van der Waals surface area contributed by atoms with E-state index in [2.05, 4.69) is 20.5 Å². The van der Waals surface area contributed by atoms with Crippen LogP contribution in [0.1, 0.15) is 34.6 Å². The Bertz CT molecular complexity index is 1260. The number of hydrogen-bond acceptors (Lipinski definition) is 5. The van der Waals surface area contributed by atoms with Crippen LogP contribution in [0.2, 0.25) is 0 Å². The fourth-order valence-corrected chi connectivity index (χ4v) is 4.29. The van der Waals surface area contributed by atoms with Crippen molar-refractivity contribution in [3.8, 4) is 28.3 Å². The number of ether oxygens (including phenoxy) is 1. The van der Waals surface area contributed by atoms with Crippen molar-refractivity contribution < 1.29 is 9.53 Å². The van der Waals surface area contributed by atoms with Gasteiger partial charge in [-0.15, -0.1) is 0 Å². The van der Waals surface area contributed by atoms with E-state index in [1.54, 1.807) is 19.5 Å². The number of rotatable bonds is 7. The lowest BCUT2D eigenvalue weighted by Crippen LogP contribution is -2.29. The summed E-state index contributed by atoms with van der Waals surface area (Å²) in [6.45, 7) is 0.955. The molecule has 0 spiro atoms. The van der Waals surface area contributed by atoms with Gasteiger partial charge in [-0.05, 0) is 56.0 Å². The van der Waals surface area contributed by atoms with Gasteiger partial charge in [-0.2, -0.15) is 10.2 Å². The van der Waals surface area contributed by atoms with Gasteiger partial charge in [0.25, 0.3) is 5.91 Å². The summed E-state index contributed by atoms with van der Waals surface area (Å²) in [7, 11) is 1.65. The summed E-state index contributed by atoms with van der Waals surface area (Å²) in [6, 6.07) is 13.8. The molecule has 0 aliphatic heterocycles. The number of methoxy groups -OCH3 is 1. The van der Waals surface area contributed by atoms with Crippen molar-refractivity contribution in [3.05, 3.63) is 71.8 Å². The van der Waals surface area contributed by atoms with Crippen LogP contribution in [0.5, 0.6) is 5.75 Å². The van der Waals surface area contributed by atoms with Gasteiger partial charge in [0.2, 0.25) is 0 Å². The molecule has 0 fully saturated rings. The van der Waals surface area contributed by atoms with Crippen LogP contribution >= 0.6 is 0 Å². The molecule has 3 heterocycles. The van der Waals surface area contributed by atoms with E-state index in [1.165, 1.54) is 0 Å². The molecule has 5 rings (SSSR count). The maximum absolute atomic E-state index is 12.8. The van der Waals surface area contributed by atoms with Crippen LogP contribution in [0.4, 0.5) is 0 Å². The minimum atomic E-state index is -0.142. The molecule has 3 aromatic heterocycles. The summed E-state index contributed by atoms with van der Waals surface area (Å²) in [5, 5.41) is 15.1. The summed E-state index contributed by atoms with van der Waals surface area (Å²) in [6.07, 6.45) is 7.65. The number of carbonyl (C=O) groups excluding carboxylic acids is 1. The molecule has 168 valence electrons. The highest BCUT2D eigenvalue weighted by atomic mass is 16.5. The van der Waals surface area contributed by atoms with E-state index in [0.29, 0.717) is 18.8 Å². The quantitative estimate of drug-likeness (QED) is 0.455. The highest BCUT2D eigenvalue weighted by Gasteiger charge is 2.21. The fourth-order valence-electron chi connectivity index (χ4n) is 4.29. The van der Waals surface area contributed by atoms with E-state index in [9.17, 15) is 4.79 Å². The molecule has 0 saturated carbocycles. The number of amides is 1. The lowest BCUT2D eigenvalue weighted by molar-refractivity contribution is 0.0946. The number of hydrogen-bond donors (Lipinski definition) is 2. The zero-order chi connectivity index (χ0) is 22.6. The molecule has 0 radical (unpaired) electrons. The molecular formula is C25H26N6O2. The van der Waals surface area contributed by atoms with E-state index in [0.717, 1.165) is 65.2 Å². The average Bonchev–Trinajstić information content (AvgIpc) is 3.49. The van der Waals surface area contributed by atoms with Crippen molar-refractivity contribution in [1.29, 1.82) is 0 Å². The summed E-state index contributed by atoms with van der Waals surface area (Å²) >= 11 is 0. The number of nitrogens with zero attached hydrogens (tertiary/aromatic N) is 4. The topological polar surface area (TPSA) is 97.7 Å². The summed E-state index contributed by atoms with van der Waals surface area (Å²) < 4.78 is 7.31. The molecule has 1 amide bonds. The Morgan fingerprint density at radius 1 is 1.15 bits per heavy atom. The first kappa shape index (κ1) is 20.9. The number of aromatic nitrogens is 5. The Labute approximate surface area is 192 Å². The molecule has 0 unspecified atom stereocenters. The second-order valence-electron chi connectivity index (χ2n) is 8.10. The maximum atomic E-state index is 12.8. The average molecular weight is 443 g/mol. The first-order valence-corrected chi connectivity index (χ1v) is 11.2. The normalized spacial score (nSPS) is 12.9. The third kappa shape index (κ3) is 4.37. The molecule has 0 atom stereocenters. The van der Waals surface area contributed by atoms with Crippen LogP contribution < -0.4 is 10.1 Å². The van der Waals surface area contributed by atoms with Gasteiger partial charge in [0.05, 0.1) is 25.0 Å². The van der Waals surface area contributed by atoms with Crippen molar-refractivity contribution >= 4 is 5.91 Å². The molecule has 0 saturated heterocycles. The van der Waals surface area contributed by atoms with Gasteiger partial charge < -0.3 is 10.1 Å². The molecule has 8 heteroatoms. The van der Waals surface area contributed by atoms with Crippen LogP contribution in [-0.4, -0.2) is 44.5 Å². The zero-order valence-corrected chi connectivity index (χ0v) is 18.5. The van der Waals surface area contributed by atoms with E-state index >= 15 is 0 Å². The van der Waals surface area contributed by atoms with E-state index in [4.69, 9.17) is 9.84 Å². The predicted octanol–water partition coefficient (Wildman–Crippen LogP) is 3.65. The highest BCUT2D eigenvalue weighted by Crippen LogP contribution is 2.28. The molecule has 0 bridgehead atoms. The summed E-state index contributed by atoms with van der Waals surface area (Å²) in [5.41, 5.74) is 6.38. The van der Waals surface area contributed by atoms with E-state index in [-0.39, 0.29) is 5.91 Å². The van der Waals surface area contributed by atoms with Crippen molar-refractivity contribution in [2.24, 2.45) is 0 Å². The molecule has 1 aliphatic carbocycles. The van der Waals surface area contributed by atoms with Gasteiger partial charge in [-0.1, -0.05) is 12.1 Å². The standard InChI is InChI=1S/C25H26N6O2/c1-33-19-8-4-6-17(14-19)23-15-22(18-7-5-11-26-16-18)30-31(23)13-12-27-25(32)24-20-9-2-3-10-21(20)28-29-24/h4-8,11,14-16H,2-3,9-10,12-13H2,1H3,(H,27,32)(H,28,29). The minimum absolute atomic E-state index is 0.142. The van der Waals surface area contributed by atoms with Crippen LogP contribution in [0.25, 0.3) is 22.5 Å². The summed E-state index contributed by atoms with van der Waals surface area (Å²) in [4.78, 5) is 17.0. The van der Waals surface area contributed by atoms with E-state index < -0.39 is 0 Å². The lowest BCUT2D eigenvalue weighted by Gasteiger charge is -2.12. The Morgan fingerprint density at radius 3 is 2.88 bits per heavy atom. The molecule has 1 aliphatic rings. The number of aryl methyl sites for hydroxylation is 1. The van der Waals surface area contributed by atoms with Gasteiger partial charge in [0.1, 0.15) is 5.75 Å². The number of H-pyrrole nitrogens is 1. The summed E-state index contributed by atoms with van der Waals surface area (Å²) in [5.74, 6) is 0.636. The Hall–Kier alpha value is -3.94. The predicted molar refractivity (Wildman–Crippen MR) is 125 cm³/mol. The van der Waals surface area contributed by atoms with E-state index in [1.807, 2.05) is 47.1 Å². The lowest BCUT2D eigenvalue weighted by atomic mass is 9.96. The largest absolute Gasteiger partial charge is 0.497 e. The van der Waals surface area contributed by atoms with Gasteiger partial charge in [0.15, 0.2) is 5.69 Å². The molecule has 8 nitrogen and oxygen atoms in total. The highest BCUT2D eigenvalue weighted by molar-refractivity contribution is 5.94. The minimum Gasteiger partial charge on any atom is -0.497 e. The van der Waals surface area contributed by atoms with Gasteiger partial charge in [0, 0.05) is 41.3 Å². The van der Waals surface area contributed by atoms with Crippen molar-refractivity contribution in [3.63, 3.8) is 0 Å². The SMILES string of the molecule is COc1cccc(-c2cc(-c3cccnc3)nn2CCNC(=O)c2n[nH]c3c2CCCC3)c1. The Morgan fingerprint density at radius 2 is 2.03 bits per heavy atom. The Kier molecular flexibility index (Phi) is 5.89. The molecule has 4 aromatic rings. The number of carbonyl (C=O) groups is 1. The third-order valence-corrected chi connectivity index (χ3v) is 5.98. The molecular weight excluding hydrogens is 416 g/mol.